The maximum atomic E-state index is 11.4. The molecule has 0 unspecified atom stereocenters. The number of carbonyl (C=O) groups excluding carboxylic acids is 1. The molecular weight excluding hydrogens is 242 g/mol. The van der Waals surface area contributed by atoms with Crippen LogP contribution in [0.15, 0.2) is 6.07 Å². The van der Waals surface area contributed by atoms with Crippen LogP contribution < -0.4 is 10.2 Å². The minimum atomic E-state index is 0.132. The molecule has 0 aliphatic carbocycles. The number of amides is 1. The molecule has 102 valence electrons. The fourth-order valence-corrected chi connectivity index (χ4v) is 2.67. The SMILES string of the molecule is Cc1cc(C)nc(N2CC(N3CCNC(=O)C3)C2)n1. The third kappa shape index (κ3) is 2.53. The topological polar surface area (TPSA) is 61.4 Å². The quantitative estimate of drug-likeness (QED) is 0.793. The highest BCUT2D eigenvalue weighted by Gasteiger charge is 2.35. The largest absolute Gasteiger partial charge is 0.354 e. The molecule has 6 nitrogen and oxygen atoms in total. The van der Waals surface area contributed by atoms with Crippen molar-refractivity contribution in [3.05, 3.63) is 17.5 Å². The molecule has 0 bridgehead atoms. The minimum absolute atomic E-state index is 0.132. The number of hydrogen-bond donors (Lipinski definition) is 1. The van der Waals surface area contributed by atoms with Crippen molar-refractivity contribution in [1.29, 1.82) is 0 Å². The van der Waals surface area contributed by atoms with Gasteiger partial charge in [-0.1, -0.05) is 0 Å². The number of nitrogens with one attached hydrogen (secondary N) is 1. The van der Waals surface area contributed by atoms with Crippen molar-refractivity contribution in [2.24, 2.45) is 0 Å². The summed E-state index contributed by atoms with van der Waals surface area (Å²) in [5.41, 5.74) is 2.01. The van der Waals surface area contributed by atoms with Gasteiger partial charge in [0, 0.05) is 43.6 Å². The van der Waals surface area contributed by atoms with E-state index in [0.29, 0.717) is 12.6 Å². The van der Waals surface area contributed by atoms with Crippen molar-refractivity contribution in [2.45, 2.75) is 19.9 Å². The zero-order valence-electron chi connectivity index (χ0n) is 11.4. The highest BCUT2D eigenvalue weighted by atomic mass is 16.2. The van der Waals surface area contributed by atoms with Gasteiger partial charge in [0.2, 0.25) is 11.9 Å². The average Bonchev–Trinajstić information content (AvgIpc) is 2.25. The maximum Gasteiger partial charge on any atom is 0.234 e. The predicted molar refractivity (Wildman–Crippen MR) is 72.1 cm³/mol. The zero-order valence-corrected chi connectivity index (χ0v) is 11.4. The first-order chi connectivity index (χ1) is 9.11. The van der Waals surface area contributed by atoms with Gasteiger partial charge in [0.1, 0.15) is 0 Å². The summed E-state index contributed by atoms with van der Waals surface area (Å²) in [5.74, 6) is 0.947. The van der Waals surface area contributed by atoms with Crippen molar-refractivity contribution in [2.75, 3.05) is 37.6 Å². The Labute approximate surface area is 112 Å². The molecule has 1 N–H and O–H groups in total. The lowest BCUT2D eigenvalue weighted by Crippen LogP contribution is -2.64. The lowest BCUT2D eigenvalue weighted by Gasteiger charge is -2.46. The second-order valence-corrected chi connectivity index (χ2v) is 5.33. The summed E-state index contributed by atoms with van der Waals surface area (Å²) in [6.45, 7) is 8.03. The van der Waals surface area contributed by atoms with E-state index in [2.05, 4.69) is 25.1 Å². The lowest BCUT2D eigenvalue weighted by atomic mass is 10.1. The fourth-order valence-electron chi connectivity index (χ4n) is 2.67. The average molecular weight is 261 g/mol. The van der Waals surface area contributed by atoms with Gasteiger partial charge >= 0.3 is 0 Å². The summed E-state index contributed by atoms with van der Waals surface area (Å²) in [7, 11) is 0. The summed E-state index contributed by atoms with van der Waals surface area (Å²) < 4.78 is 0. The minimum Gasteiger partial charge on any atom is -0.354 e. The Morgan fingerprint density at radius 1 is 1.26 bits per heavy atom. The molecule has 1 aromatic rings. The van der Waals surface area contributed by atoms with Crippen LogP contribution in [0.3, 0.4) is 0 Å². The molecule has 6 heteroatoms. The smallest absolute Gasteiger partial charge is 0.234 e. The first-order valence-corrected chi connectivity index (χ1v) is 6.70. The van der Waals surface area contributed by atoms with Crippen molar-refractivity contribution >= 4 is 11.9 Å². The number of hydrogen-bond acceptors (Lipinski definition) is 5. The van der Waals surface area contributed by atoms with Crippen LogP contribution in [0.5, 0.6) is 0 Å². The summed E-state index contributed by atoms with van der Waals surface area (Å²) in [5, 5.41) is 2.85. The second kappa shape index (κ2) is 4.77. The number of piperazine rings is 1. The maximum absolute atomic E-state index is 11.4. The zero-order chi connectivity index (χ0) is 13.4. The lowest BCUT2D eigenvalue weighted by molar-refractivity contribution is -0.125. The van der Waals surface area contributed by atoms with Crippen LogP contribution in [0.25, 0.3) is 0 Å². The molecule has 3 rings (SSSR count). The molecule has 2 saturated heterocycles. The van der Waals surface area contributed by atoms with Crippen LogP contribution in [-0.2, 0) is 4.79 Å². The van der Waals surface area contributed by atoms with Crippen LogP contribution in [0, 0.1) is 13.8 Å². The number of nitrogens with zero attached hydrogens (tertiary/aromatic N) is 4. The molecule has 1 aromatic heterocycles. The molecule has 2 fully saturated rings. The Bertz CT molecular complexity index is 478. The Morgan fingerprint density at radius 3 is 2.58 bits per heavy atom. The molecule has 0 saturated carbocycles. The van der Waals surface area contributed by atoms with E-state index in [-0.39, 0.29) is 5.91 Å². The Morgan fingerprint density at radius 2 is 1.95 bits per heavy atom. The van der Waals surface area contributed by atoms with Gasteiger partial charge in [-0.2, -0.15) is 0 Å². The summed E-state index contributed by atoms with van der Waals surface area (Å²) in [6.07, 6.45) is 0. The number of rotatable bonds is 2. The number of anilines is 1. The molecule has 1 amide bonds. The highest BCUT2D eigenvalue weighted by Crippen LogP contribution is 2.21. The Hall–Kier alpha value is -1.69. The standard InChI is InChI=1S/C13H19N5O/c1-9-5-10(2)16-13(15-9)18-6-11(7-18)17-4-3-14-12(19)8-17/h5,11H,3-4,6-8H2,1-2H3,(H,14,19). The first-order valence-electron chi connectivity index (χ1n) is 6.70. The van der Waals surface area contributed by atoms with E-state index in [0.717, 1.165) is 43.5 Å². The van der Waals surface area contributed by atoms with Gasteiger partial charge in [-0.3, -0.25) is 9.69 Å². The molecule has 0 spiro atoms. The van der Waals surface area contributed by atoms with Gasteiger partial charge in [-0.25, -0.2) is 9.97 Å². The van der Waals surface area contributed by atoms with Crippen LogP contribution in [-0.4, -0.2) is 59.5 Å². The van der Waals surface area contributed by atoms with Gasteiger partial charge < -0.3 is 10.2 Å². The monoisotopic (exact) mass is 261 g/mol. The molecule has 2 aliphatic heterocycles. The Kier molecular flexibility index (Phi) is 3.10. The van der Waals surface area contributed by atoms with Gasteiger partial charge in [0.15, 0.2) is 0 Å². The van der Waals surface area contributed by atoms with Crippen molar-refractivity contribution in [3.63, 3.8) is 0 Å². The van der Waals surface area contributed by atoms with E-state index < -0.39 is 0 Å². The van der Waals surface area contributed by atoms with E-state index in [4.69, 9.17) is 0 Å². The van der Waals surface area contributed by atoms with Crippen molar-refractivity contribution in [1.82, 2.24) is 20.2 Å². The highest BCUT2D eigenvalue weighted by molar-refractivity contribution is 5.78. The van der Waals surface area contributed by atoms with Gasteiger partial charge in [0.25, 0.3) is 0 Å². The predicted octanol–water partition coefficient (Wildman–Crippen LogP) is -0.286. The second-order valence-electron chi connectivity index (χ2n) is 5.33. The molecule has 19 heavy (non-hydrogen) atoms. The number of carbonyl (C=O) groups is 1. The molecule has 0 radical (unpaired) electrons. The molecule has 3 heterocycles. The van der Waals surface area contributed by atoms with Crippen LogP contribution >= 0.6 is 0 Å². The third-order valence-corrected chi connectivity index (χ3v) is 3.70. The molecule has 0 atom stereocenters. The normalized spacial score (nSPS) is 21.2. The van der Waals surface area contributed by atoms with Crippen molar-refractivity contribution in [3.8, 4) is 0 Å². The van der Waals surface area contributed by atoms with Crippen LogP contribution in [0.2, 0.25) is 0 Å². The molecule has 2 aliphatic rings. The summed E-state index contributed by atoms with van der Waals surface area (Å²) >= 11 is 0. The van der Waals surface area contributed by atoms with Gasteiger partial charge in [0.05, 0.1) is 6.54 Å². The summed E-state index contributed by atoms with van der Waals surface area (Å²) in [6, 6.07) is 2.44. The summed E-state index contributed by atoms with van der Waals surface area (Å²) in [4.78, 5) is 24.7. The van der Waals surface area contributed by atoms with E-state index in [1.54, 1.807) is 0 Å². The van der Waals surface area contributed by atoms with E-state index in [9.17, 15) is 4.79 Å². The van der Waals surface area contributed by atoms with Gasteiger partial charge in [-0.05, 0) is 19.9 Å². The first kappa shape index (κ1) is 12.3. The molecule has 0 aromatic carbocycles. The van der Waals surface area contributed by atoms with E-state index in [1.807, 2.05) is 19.9 Å². The van der Waals surface area contributed by atoms with Gasteiger partial charge in [-0.15, -0.1) is 0 Å². The van der Waals surface area contributed by atoms with Crippen LogP contribution in [0.4, 0.5) is 5.95 Å². The molecular formula is C13H19N5O. The number of aromatic nitrogens is 2. The number of aryl methyl sites for hydroxylation is 2. The van der Waals surface area contributed by atoms with E-state index in [1.165, 1.54) is 0 Å². The Balaban J connectivity index is 1.61. The van der Waals surface area contributed by atoms with Crippen molar-refractivity contribution < 1.29 is 4.79 Å². The van der Waals surface area contributed by atoms with Crippen LogP contribution in [0.1, 0.15) is 11.4 Å². The van der Waals surface area contributed by atoms with E-state index >= 15 is 0 Å². The fraction of sp³-hybridized carbons (Fsp3) is 0.615. The third-order valence-electron chi connectivity index (χ3n) is 3.70.